The van der Waals surface area contributed by atoms with Crippen molar-refractivity contribution in [1.29, 1.82) is 0 Å². The molecule has 0 spiro atoms. The Balaban J connectivity index is 1.28. The van der Waals surface area contributed by atoms with Crippen molar-refractivity contribution in [2.24, 2.45) is 29.6 Å². The molecule has 4 aromatic carbocycles. The van der Waals surface area contributed by atoms with Crippen LogP contribution in [-0.2, 0) is 29.7 Å². The molecule has 1 fully saturated rings. The van der Waals surface area contributed by atoms with Gasteiger partial charge in [0.05, 0.1) is 25.4 Å². The summed E-state index contributed by atoms with van der Waals surface area (Å²) in [5.74, 6) is 0.903. The van der Waals surface area contributed by atoms with Gasteiger partial charge in [0.2, 0.25) is 0 Å². The molecule has 63 heavy (non-hydrogen) atoms. The number of hydrogen-bond acceptors (Lipinski definition) is 7. The van der Waals surface area contributed by atoms with Crippen molar-refractivity contribution in [3.63, 3.8) is 0 Å². The van der Waals surface area contributed by atoms with Gasteiger partial charge in [-0.15, -0.1) is 0 Å². The number of ether oxygens (including phenoxy) is 3. The van der Waals surface area contributed by atoms with Crippen LogP contribution in [0.15, 0.2) is 127 Å². The first kappa shape index (κ1) is 48.3. The number of esters is 1. The van der Waals surface area contributed by atoms with E-state index in [0.29, 0.717) is 44.0 Å². The van der Waals surface area contributed by atoms with Gasteiger partial charge >= 0.3 is 5.97 Å². The van der Waals surface area contributed by atoms with Gasteiger partial charge in [0.15, 0.2) is 8.32 Å². The number of hydrogen-bond donors (Lipinski definition) is 0. The lowest BCUT2D eigenvalue weighted by atomic mass is 9.70. The highest BCUT2D eigenvalue weighted by molar-refractivity contribution is 6.99. The molecule has 0 amide bonds. The maximum Gasteiger partial charge on any atom is 0.338 e. The van der Waals surface area contributed by atoms with Crippen molar-refractivity contribution in [3.8, 4) is 5.75 Å². The highest BCUT2D eigenvalue weighted by Crippen LogP contribution is 2.50. The van der Waals surface area contributed by atoms with Crippen molar-refractivity contribution in [2.75, 3.05) is 13.7 Å². The maximum atomic E-state index is 13.9. The summed E-state index contributed by atoms with van der Waals surface area (Å²) < 4.78 is 33.2. The third-order valence-electron chi connectivity index (χ3n) is 14.2. The molecule has 4 aromatic rings. The molecule has 0 aliphatic heterocycles. The highest BCUT2D eigenvalue weighted by Gasteiger charge is 2.51. The molecule has 0 saturated heterocycles. The van der Waals surface area contributed by atoms with Crippen LogP contribution in [0.2, 0.25) is 23.2 Å². The lowest BCUT2D eigenvalue weighted by Crippen LogP contribution is -2.66. The van der Waals surface area contributed by atoms with Crippen molar-refractivity contribution >= 4 is 39.3 Å². The van der Waals surface area contributed by atoms with E-state index in [2.05, 4.69) is 134 Å². The van der Waals surface area contributed by atoms with E-state index in [1.807, 2.05) is 42.5 Å². The Morgan fingerprint density at radius 2 is 1.37 bits per heavy atom. The SMILES string of the molecule is COc1ccc(CO[C@H]2[C@@H]3C=C[C@@H](C[C@@H](C[C@@H](CCO[Si](c4ccccc4)(c4ccccc4)C(C)(C)C)OC(=O)c4ccccc4)O[Si](C)(C)C(C)(C)C)[C@@H](C=O)[C@@H]3C[C@H]2C)cc1. The van der Waals surface area contributed by atoms with Crippen LogP contribution in [0.4, 0.5) is 0 Å². The summed E-state index contributed by atoms with van der Waals surface area (Å²) in [5.41, 5.74) is 1.61. The quantitative estimate of drug-likeness (QED) is 0.0401. The van der Waals surface area contributed by atoms with E-state index in [0.717, 1.165) is 17.7 Å². The monoisotopic (exact) mass is 888 g/mol. The fraction of sp³-hybridized carbons (Fsp3) is 0.481. The molecule has 0 heterocycles. The van der Waals surface area contributed by atoms with Gasteiger partial charge in [-0.1, -0.05) is 152 Å². The fourth-order valence-corrected chi connectivity index (χ4v) is 15.8. The fourth-order valence-electron chi connectivity index (χ4n) is 9.86. The topological polar surface area (TPSA) is 80.3 Å². The Hall–Kier alpha value is -4.13. The second-order valence-electron chi connectivity index (χ2n) is 20.5. The van der Waals surface area contributed by atoms with E-state index in [4.69, 9.17) is 23.1 Å². The number of rotatable bonds is 19. The largest absolute Gasteiger partial charge is 0.497 e. The molecule has 2 aliphatic rings. The Morgan fingerprint density at radius 1 is 0.778 bits per heavy atom. The third-order valence-corrected chi connectivity index (χ3v) is 23.8. The first-order chi connectivity index (χ1) is 30.0. The van der Waals surface area contributed by atoms with Crippen molar-refractivity contribution in [1.82, 2.24) is 0 Å². The van der Waals surface area contributed by atoms with Gasteiger partial charge < -0.3 is 27.9 Å². The van der Waals surface area contributed by atoms with E-state index in [9.17, 15) is 9.59 Å². The summed E-state index contributed by atoms with van der Waals surface area (Å²) in [6.45, 7) is 21.3. The van der Waals surface area contributed by atoms with Gasteiger partial charge in [0.1, 0.15) is 18.1 Å². The van der Waals surface area contributed by atoms with Gasteiger partial charge in [0, 0.05) is 37.4 Å². The molecule has 6 rings (SSSR count). The van der Waals surface area contributed by atoms with E-state index in [1.54, 1.807) is 19.2 Å². The van der Waals surface area contributed by atoms with Crippen molar-refractivity contribution < 1.29 is 32.7 Å². The van der Waals surface area contributed by atoms with Crippen LogP contribution in [0, 0.1) is 29.6 Å². The highest BCUT2D eigenvalue weighted by atomic mass is 28.4. The zero-order chi connectivity index (χ0) is 45.4. The van der Waals surface area contributed by atoms with Gasteiger partial charge in [-0.05, 0) is 94.0 Å². The molecule has 8 atom stereocenters. The van der Waals surface area contributed by atoms with Crippen LogP contribution in [0.25, 0.3) is 0 Å². The molecular weight excluding hydrogens is 817 g/mol. The Bertz CT molecular complexity index is 2040. The molecule has 0 N–H and O–H groups in total. The molecular formula is C54H72O7Si2. The summed E-state index contributed by atoms with van der Waals surface area (Å²) >= 11 is 0. The second kappa shape index (κ2) is 20.8. The number of benzene rings is 4. The molecule has 338 valence electrons. The number of allylic oxidation sites excluding steroid dienone is 1. The molecule has 2 aliphatic carbocycles. The van der Waals surface area contributed by atoms with Gasteiger partial charge in [0.25, 0.3) is 8.32 Å². The minimum atomic E-state index is -2.85. The average molecular weight is 889 g/mol. The Kier molecular flexibility index (Phi) is 16.0. The van der Waals surface area contributed by atoms with Crippen LogP contribution in [0.1, 0.15) is 90.1 Å². The van der Waals surface area contributed by atoms with Crippen molar-refractivity contribution in [2.45, 2.75) is 122 Å². The van der Waals surface area contributed by atoms with Crippen LogP contribution < -0.4 is 15.1 Å². The normalized spacial score (nSPS) is 22.5. The predicted molar refractivity (Wildman–Crippen MR) is 260 cm³/mol. The van der Waals surface area contributed by atoms with E-state index >= 15 is 0 Å². The number of fused-ring (bicyclic) bond motifs is 1. The smallest absolute Gasteiger partial charge is 0.338 e. The summed E-state index contributed by atoms with van der Waals surface area (Å²) in [4.78, 5) is 27.2. The number of methoxy groups -OCH3 is 1. The molecule has 0 radical (unpaired) electrons. The molecule has 1 saturated carbocycles. The zero-order valence-electron chi connectivity index (χ0n) is 39.4. The van der Waals surface area contributed by atoms with Gasteiger partial charge in [-0.25, -0.2) is 4.79 Å². The van der Waals surface area contributed by atoms with Gasteiger partial charge in [-0.2, -0.15) is 0 Å². The molecule has 0 aromatic heterocycles. The van der Waals surface area contributed by atoms with Crippen LogP contribution >= 0.6 is 0 Å². The first-order valence-electron chi connectivity index (χ1n) is 23.0. The van der Waals surface area contributed by atoms with E-state index in [-0.39, 0.29) is 51.9 Å². The Morgan fingerprint density at radius 3 is 1.90 bits per heavy atom. The van der Waals surface area contributed by atoms with E-state index < -0.39 is 22.7 Å². The minimum Gasteiger partial charge on any atom is -0.497 e. The lowest BCUT2D eigenvalue weighted by Gasteiger charge is -2.43. The van der Waals surface area contributed by atoms with Crippen LogP contribution in [0.3, 0.4) is 0 Å². The lowest BCUT2D eigenvalue weighted by molar-refractivity contribution is -0.115. The first-order valence-corrected chi connectivity index (χ1v) is 27.9. The number of aldehydes is 1. The van der Waals surface area contributed by atoms with Crippen LogP contribution in [-0.4, -0.2) is 60.9 Å². The molecule has 9 heteroatoms. The second-order valence-corrected chi connectivity index (χ2v) is 29.6. The van der Waals surface area contributed by atoms with Crippen molar-refractivity contribution in [3.05, 3.63) is 139 Å². The molecule has 0 unspecified atom stereocenters. The van der Waals surface area contributed by atoms with Crippen LogP contribution in [0.5, 0.6) is 5.75 Å². The predicted octanol–water partition coefficient (Wildman–Crippen LogP) is 11.2. The number of carbonyl (C=O) groups excluding carboxylic acids is 2. The summed E-state index contributed by atoms with van der Waals surface area (Å²) in [7, 11) is -3.51. The minimum absolute atomic E-state index is 0.0216. The summed E-state index contributed by atoms with van der Waals surface area (Å²) in [6.07, 6.45) is 7.60. The Labute approximate surface area is 380 Å². The van der Waals surface area contributed by atoms with E-state index in [1.165, 1.54) is 16.7 Å². The summed E-state index contributed by atoms with van der Waals surface area (Å²) in [6, 6.07) is 38.6. The summed E-state index contributed by atoms with van der Waals surface area (Å²) in [5, 5.41) is 2.16. The number of carbonyl (C=O) groups is 2. The zero-order valence-corrected chi connectivity index (χ0v) is 41.4. The molecule has 0 bridgehead atoms. The average Bonchev–Trinajstić information content (AvgIpc) is 3.58. The third kappa shape index (κ3) is 11.4. The standard InChI is InChI=1S/C54H72O7Si2/c1-39-34-49-48(51(39)58-38-40-26-29-43(57-8)30-27-40)31-28-42(50(49)37-55)35-45(61-62(9,10)53(2,3)4)36-44(60-52(56)41-20-14-11-15-21-41)32-33-59-63(54(5,6)7,46-22-16-12-17-23-46)47-24-18-13-19-25-47/h11-31,37,39,42,44-45,48-51H,32-36,38H2,1-10H3/t39-,42+,44-,45+,48-,49-,50-,51-/m1/s1. The van der Waals surface area contributed by atoms with Gasteiger partial charge in [-0.3, -0.25) is 0 Å². The maximum absolute atomic E-state index is 13.9. The molecule has 7 nitrogen and oxygen atoms in total.